The molecule has 0 aromatic carbocycles. The van der Waals surface area contributed by atoms with Crippen LogP contribution < -0.4 is 0 Å². The summed E-state index contributed by atoms with van der Waals surface area (Å²) >= 11 is 4.25. The summed E-state index contributed by atoms with van der Waals surface area (Å²) in [5, 5.41) is 4.37. The lowest BCUT2D eigenvalue weighted by atomic mass is 10.2. The van der Waals surface area contributed by atoms with Gasteiger partial charge in [0.25, 0.3) is 0 Å². The van der Waals surface area contributed by atoms with Gasteiger partial charge in [-0.15, -0.1) is 0 Å². The standard InChI is InChI=1S/C8H14N2S/c1-4-10-7(3)8(5-11)6(2)9-10/h11H,4-5H2,1-3H3. The molecule has 0 radical (unpaired) electrons. The molecule has 1 aromatic heterocycles. The van der Waals surface area contributed by atoms with E-state index in [1.807, 2.05) is 11.6 Å². The molecule has 0 aliphatic carbocycles. The van der Waals surface area contributed by atoms with Gasteiger partial charge >= 0.3 is 0 Å². The summed E-state index contributed by atoms with van der Waals surface area (Å²) in [6, 6.07) is 0. The number of aromatic nitrogens is 2. The van der Waals surface area contributed by atoms with E-state index in [1.165, 1.54) is 11.3 Å². The van der Waals surface area contributed by atoms with Gasteiger partial charge in [0.2, 0.25) is 0 Å². The second kappa shape index (κ2) is 3.30. The molecule has 0 aliphatic heterocycles. The van der Waals surface area contributed by atoms with Gasteiger partial charge in [0.15, 0.2) is 0 Å². The van der Waals surface area contributed by atoms with E-state index in [0.29, 0.717) is 0 Å². The van der Waals surface area contributed by atoms with Crippen LogP contribution in [0.2, 0.25) is 0 Å². The molecule has 0 atom stereocenters. The Morgan fingerprint density at radius 1 is 1.45 bits per heavy atom. The Balaban J connectivity index is 3.14. The van der Waals surface area contributed by atoms with E-state index in [1.54, 1.807) is 0 Å². The van der Waals surface area contributed by atoms with E-state index in [9.17, 15) is 0 Å². The molecule has 0 aliphatic rings. The van der Waals surface area contributed by atoms with Crippen LogP contribution in [-0.4, -0.2) is 9.78 Å². The lowest BCUT2D eigenvalue weighted by molar-refractivity contribution is 0.634. The Labute approximate surface area is 73.0 Å². The van der Waals surface area contributed by atoms with Gasteiger partial charge in [-0.25, -0.2) is 0 Å². The predicted octanol–water partition coefficient (Wildman–Crippen LogP) is 1.95. The fraction of sp³-hybridized carbons (Fsp3) is 0.625. The minimum absolute atomic E-state index is 0.789. The van der Waals surface area contributed by atoms with Crippen molar-refractivity contribution in [2.45, 2.75) is 33.1 Å². The summed E-state index contributed by atoms with van der Waals surface area (Å²) in [5.74, 6) is 0.789. The molecule has 62 valence electrons. The second-order valence-electron chi connectivity index (χ2n) is 2.62. The maximum Gasteiger partial charge on any atom is 0.0636 e. The minimum atomic E-state index is 0.789. The number of hydrogen-bond acceptors (Lipinski definition) is 2. The smallest absolute Gasteiger partial charge is 0.0636 e. The Hall–Kier alpha value is -0.440. The quantitative estimate of drug-likeness (QED) is 0.672. The number of thiol groups is 1. The molecule has 0 fully saturated rings. The summed E-state index contributed by atoms with van der Waals surface area (Å²) in [7, 11) is 0. The van der Waals surface area contributed by atoms with E-state index < -0.39 is 0 Å². The van der Waals surface area contributed by atoms with E-state index >= 15 is 0 Å². The SMILES string of the molecule is CCn1nc(C)c(CS)c1C. The van der Waals surface area contributed by atoms with Gasteiger partial charge in [-0.3, -0.25) is 4.68 Å². The molecule has 0 amide bonds. The summed E-state index contributed by atoms with van der Waals surface area (Å²) in [6.07, 6.45) is 0. The molecule has 0 unspecified atom stereocenters. The fourth-order valence-corrected chi connectivity index (χ4v) is 1.73. The zero-order chi connectivity index (χ0) is 8.43. The lowest BCUT2D eigenvalue weighted by Crippen LogP contribution is -1.98. The highest BCUT2D eigenvalue weighted by molar-refractivity contribution is 7.79. The maximum absolute atomic E-state index is 4.37. The van der Waals surface area contributed by atoms with Crippen LogP contribution in [0.5, 0.6) is 0 Å². The first-order valence-corrected chi connectivity index (χ1v) is 4.47. The van der Waals surface area contributed by atoms with Crippen molar-refractivity contribution >= 4 is 12.6 Å². The van der Waals surface area contributed by atoms with Crippen molar-refractivity contribution in [3.8, 4) is 0 Å². The third kappa shape index (κ3) is 1.43. The maximum atomic E-state index is 4.37. The number of nitrogens with zero attached hydrogens (tertiary/aromatic N) is 2. The van der Waals surface area contributed by atoms with Crippen molar-refractivity contribution in [3.05, 3.63) is 17.0 Å². The molecule has 1 heterocycles. The predicted molar refractivity (Wildman–Crippen MR) is 50.1 cm³/mol. The van der Waals surface area contributed by atoms with Gasteiger partial charge in [-0.2, -0.15) is 17.7 Å². The zero-order valence-corrected chi connectivity index (χ0v) is 8.15. The first-order chi connectivity index (χ1) is 5.20. The van der Waals surface area contributed by atoms with Crippen LogP contribution in [0.1, 0.15) is 23.9 Å². The van der Waals surface area contributed by atoms with Crippen molar-refractivity contribution in [3.63, 3.8) is 0 Å². The monoisotopic (exact) mass is 170 g/mol. The van der Waals surface area contributed by atoms with Crippen LogP contribution in [0.15, 0.2) is 0 Å². The Morgan fingerprint density at radius 2 is 2.09 bits per heavy atom. The van der Waals surface area contributed by atoms with Crippen LogP contribution in [-0.2, 0) is 12.3 Å². The number of aryl methyl sites for hydroxylation is 2. The summed E-state index contributed by atoms with van der Waals surface area (Å²) in [5.41, 5.74) is 3.63. The zero-order valence-electron chi connectivity index (χ0n) is 7.26. The normalized spacial score (nSPS) is 10.5. The molecule has 1 rings (SSSR count). The van der Waals surface area contributed by atoms with Crippen LogP contribution in [0.4, 0.5) is 0 Å². The van der Waals surface area contributed by atoms with Crippen molar-refractivity contribution in [1.82, 2.24) is 9.78 Å². The van der Waals surface area contributed by atoms with E-state index in [2.05, 4.69) is 31.6 Å². The molecule has 3 heteroatoms. The topological polar surface area (TPSA) is 17.8 Å². The average molecular weight is 170 g/mol. The highest BCUT2D eigenvalue weighted by Gasteiger charge is 2.07. The molecular weight excluding hydrogens is 156 g/mol. The third-order valence-electron chi connectivity index (χ3n) is 1.99. The molecule has 0 saturated heterocycles. The Bertz CT molecular complexity index is 253. The van der Waals surface area contributed by atoms with E-state index in [4.69, 9.17) is 0 Å². The summed E-state index contributed by atoms with van der Waals surface area (Å²) in [6.45, 7) is 7.17. The van der Waals surface area contributed by atoms with Gasteiger partial charge in [0, 0.05) is 23.6 Å². The van der Waals surface area contributed by atoms with Crippen molar-refractivity contribution in [2.24, 2.45) is 0 Å². The fourth-order valence-electron chi connectivity index (χ4n) is 1.27. The largest absolute Gasteiger partial charge is 0.270 e. The molecule has 0 spiro atoms. The first-order valence-electron chi connectivity index (χ1n) is 3.84. The van der Waals surface area contributed by atoms with Crippen LogP contribution in [0.3, 0.4) is 0 Å². The lowest BCUT2D eigenvalue weighted by Gasteiger charge is -1.98. The van der Waals surface area contributed by atoms with Gasteiger partial charge in [-0.1, -0.05) is 0 Å². The number of rotatable bonds is 2. The molecule has 0 N–H and O–H groups in total. The molecule has 2 nitrogen and oxygen atoms in total. The van der Waals surface area contributed by atoms with Gasteiger partial charge in [-0.05, 0) is 20.8 Å². The molecule has 0 bridgehead atoms. The van der Waals surface area contributed by atoms with Gasteiger partial charge in [0.05, 0.1) is 5.69 Å². The highest BCUT2D eigenvalue weighted by atomic mass is 32.1. The molecule has 1 aromatic rings. The van der Waals surface area contributed by atoms with Crippen molar-refractivity contribution in [2.75, 3.05) is 0 Å². The molecule has 0 saturated carbocycles. The van der Waals surface area contributed by atoms with Crippen LogP contribution in [0, 0.1) is 13.8 Å². The van der Waals surface area contributed by atoms with Gasteiger partial charge in [0.1, 0.15) is 0 Å². The highest BCUT2D eigenvalue weighted by Crippen LogP contribution is 2.14. The van der Waals surface area contributed by atoms with E-state index in [-0.39, 0.29) is 0 Å². The molecular formula is C8H14N2S. The minimum Gasteiger partial charge on any atom is -0.270 e. The first kappa shape index (κ1) is 8.65. The number of hydrogen-bond donors (Lipinski definition) is 1. The molecule has 11 heavy (non-hydrogen) atoms. The van der Waals surface area contributed by atoms with Crippen molar-refractivity contribution < 1.29 is 0 Å². The average Bonchev–Trinajstić information content (AvgIpc) is 2.26. The van der Waals surface area contributed by atoms with Crippen molar-refractivity contribution in [1.29, 1.82) is 0 Å². The second-order valence-corrected chi connectivity index (χ2v) is 2.94. The van der Waals surface area contributed by atoms with Crippen LogP contribution in [0.25, 0.3) is 0 Å². The summed E-state index contributed by atoms with van der Waals surface area (Å²) in [4.78, 5) is 0. The third-order valence-corrected chi connectivity index (χ3v) is 2.31. The van der Waals surface area contributed by atoms with Crippen LogP contribution >= 0.6 is 12.6 Å². The summed E-state index contributed by atoms with van der Waals surface area (Å²) < 4.78 is 2.01. The Morgan fingerprint density at radius 3 is 2.36 bits per heavy atom. The van der Waals surface area contributed by atoms with E-state index in [0.717, 1.165) is 18.0 Å². The Kier molecular flexibility index (Phi) is 2.60. The van der Waals surface area contributed by atoms with Gasteiger partial charge < -0.3 is 0 Å².